The van der Waals surface area contributed by atoms with E-state index in [2.05, 4.69) is 50.8 Å². The Bertz CT molecular complexity index is 1140. The maximum atomic E-state index is 13.4. The number of aromatic nitrogens is 2. The molecule has 1 saturated heterocycles. The van der Waals surface area contributed by atoms with Crippen molar-refractivity contribution >= 4 is 34.1 Å². The zero-order chi connectivity index (χ0) is 23.4. The normalized spacial score (nSPS) is 17.5. The van der Waals surface area contributed by atoms with Crippen molar-refractivity contribution in [3.63, 3.8) is 0 Å². The summed E-state index contributed by atoms with van der Waals surface area (Å²) in [5.74, 6) is -0.254. The number of nitrogens with one attached hydrogen (secondary N) is 2. The highest BCUT2D eigenvalue weighted by molar-refractivity contribution is 8.13. The Morgan fingerprint density at radius 2 is 2.06 bits per heavy atom. The summed E-state index contributed by atoms with van der Waals surface area (Å²) in [6, 6.07) is 11.1. The molecule has 0 spiro atoms. The molecular weight excluding hydrogens is 449 g/mol. The fourth-order valence-corrected chi connectivity index (χ4v) is 5.23. The van der Waals surface area contributed by atoms with Gasteiger partial charge in [-0.2, -0.15) is 10.2 Å². The van der Waals surface area contributed by atoms with Crippen LogP contribution in [-0.2, 0) is 0 Å². The van der Waals surface area contributed by atoms with Gasteiger partial charge in [0.05, 0.1) is 23.6 Å². The summed E-state index contributed by atoms with van der Waals surface area (Å²) in [5.41, 5.74) is 7.13. The van der Waals surface area contributed by atoms with E-state index in [-0.39, 0.29) is 19.3 Å². The number of benzene rings is 2. The molecule has 1 aliphatic rings. The van der Waals surface area contributed by atoms with Crippen molar-refractivity contribution in [2.75, 3.05) is 33.2 Å². The van der Waals surface area contributed by atoms with Crippen LogP contribution in [0.15, 0.2) is 47.7 Å². The minimum Gasteiger partial charge on any atom is -0.312 e. The number of piperazine rings is 1. The first kappa shape index (κ1) is 25.9. The molecule has 0 radical (unpaired) electrons. The first-order valence-corrected chi connectivity index (χ1v) is 12.0. The maximum Gasteiger partial charge on any atom is 0.149 e. The molecule has 1 aliphatic heterocycles. The number of fused-ring (bicyclic) bond motifs is 1. The van der Waals surface area contributed by atoms with E-state index in [0.717, 1.165) is 49.2 Å². The van der Waals surface area contributed by atoms with Gasteiger partial charge in [-0.05, 0) is 79.4 Å². The monoisotopic (exact) mass is 483 g/mol. The lowest BCUT2D eigenvalue weighted by atomic mass is 9.96. The summed E-state index contributed by atoms with van der Waals surface area (Å²) < 4.78 is 17.5. The molecule has 1 fully saturated rings. The molecule has 1 unspecified atom stereocenters. The summed E-state index contributed by atoms with van der Waals surface area (Å²) in [6.07, 6.45) is 4.27. The van der Waals surface area contributed by atoms with Crippen molar-refractivity contribution in [3.05, 3.63) is 59.5 Å². The standard InChI is InChI=1S/C24H30FN7S.CH4/c1-4-9-30-10-11-31(33-24(14-26)29-27-3)16-23(30)21-13-18-15-28-32(22(18)12-17(21)2)20-7-5-19(25)6-8-20;/h5-8,12-15,23,26-27H,4,9-11,16H2,1-3H3;1H4/b26-14?,29-24+;. The number of hydrazone groups is 1. The Kier molecular flexibility index (Phi) is 8.82. The summed E-state index contributed by atoms with van der Waals surface area (Å²) in [5, 5.41) is 18.1. The number of halogens is 1. The number of rotatable bonds is 7. The van der Waals surface area contributed by atoms with E-state index < -0.39 is 0 Å². The molecule has 182 valence electrons. The molecule has 2 heterocycles. The second-order valence-electron chi connectivity index (χ2n) is 8.15. The molecule has 0 amide bonds. The lowest BCUT2D eigenvalue weighted by molar-refractivity contribution is 0.124. The molecule has 7 nitrogen and oxygen atoms in total. The molecule has 2 aromatic carbocycles. The highest BCUT2D eigenvalue weighted by Crippen LogP contribution is 2.33. The number of hydrogen-bond donors (Lipinski definition) is 2. The van der Waals surface area contributed by atoms with Crippen LogP contribution in [0.2, 0.25) is 0 Å². The largest absolute Gasteiger partial charge is 0.312 e. The molecular formula is C25H34FN7S. The van der Waals surface area contributed by atoms with Gasteiger partial charge in [0.2, 0.25) is 0 Å². The van der Waals surface area contributed by atoms with E-state index in [4.69, 9.17) is 5.41 Å². The average Bonchev–Trinajstić information content (AvgIpc) is 3.22. The van der Waals surface area contributed by atoms with Crippen LogP contribution in [-0.4, -0.2) is 63.5 Å². The van der Waals surface area contributed by atoms with Gasteiger partial charge >= 0.3 is 0 Å². The van der Waals surface area contributed by atoms with Crippen molar-refractivity contribution in [1.82, 2.24) is 24.4 Å². The molecule has 1 aromatic heterocycles. The number of nitrogens with zero attached hydrogens (tertiary/aromatic N) is 5. The van der Waals surface area contributed by atoms with Gasteiger partial charge in [-0.25, -0.2) is 13.4 Å². The first-order valence-electron chi connectivity index (χ1n) is 11.2. The minimum absolute atomic E-state index is 0. The third kappa shape index (κ3) is 5.48. The summed E-state index contributed by atoms with van der Waals surface area (Å²) >= 11 is 1.52. The van der Waals surface area contributed by atoms with E-state index in [1.807, 2.05) is 10.9 Å². The van der Waals surface area contributed by atoms with Crippen LogP contribution in [0.25, 0.3) is 16.6 Å². The summed E-state index contributed by atoms with van der Waals surface area (Å²) in [7, 11) is 1.75. The second kappa shape index (κ2) is 11.6. The molecule has 3 aromatic rings. The van der Waals surface area contributed by atoms with E-state index in [0.29, 0.717) is 5.04 Å². The number of hydrogen-bond acceptors (Lipinski definition) is 7. The predicted octanol–water partition coefficient (Wildman–Crippen LogP) is 5.01. The van der Waals surface area contributed by atoms with Crippen molar-refractivity contribution < 1.29 is 4.39 Å². The van der Waals surface area contributed by atoms with E-state index in [9.17, 15) is 4.39 Å². The van der Waals surface area contributed by atoms with Crippen molar-refractivity contribution in [1.29, 1.82) is 5.41 Å². The van der Waals surface area contributed by atoms with Crippen molar-refractivity contribution in [2.45, 2.75) is 33.7 Å². The number of aryl methyl sites for hydroxylation is 1. The van der Waals surface area contributed by atoms with Gasteiger partial charge < -0.3 is 10.8 Å². The maximum absolute atomic E-state index is 13.4. The fraction of sp³-hybridized carbons (Fsp3) is 0.400. The Morgan fingerprint density at radius 3 is 2.74 bits per heavy atom. The third-order valence-electron chi connectivity index (χ3n) is 5.92. The molecule has 0 saturated carbocycles. The van der Waals surface area contributed by atoms with Crippen molar-refractivity contribution in [2.24, 2.45) is 5.10 Å². The van der Waals surface area contributed by atoms with Crippen LogP contribution in [0, 0.1) is 18.2 Å². The van der Waals surface area contributed by atoms with Crippen molar-refractivity contribution in [3.8, 4) is 5.69 Å². The molecule has 1 atom stereocenters. The van der Waals surface area contributed by atoms with Gasteiger partial charge in [-0.15, -0.1) is 0 Å². The lowest BCUT2D eigenvalue weighted by Crippen LogP contribution is -2.46. The molecule has 0 bridgehead atoms. The van der Waals surface area contributed by atoms with Gasteiger partial charge in [0.25, 0.3) is 0 Å². The lowest BCUT2D eigenvalue weighted by Gasteiger charge is -2.41. The molecule has 4 rings (SSSR count). The Balaban J connectivity index is 0.00000324. The smallest absolute Gasteiger partial charge is 0.149 e. The summed E-state index contributed by atoms with van der Waals surface area (Å²) in [4.78, 5) is 2.55. The molecule has 2 N–H and O–H groups in total. The Morgan fingerprint density at radius 1 is 1.29 bits per heavy atom. The molecule has 0 aliphatic carbocycles. The van der Waals surface area contributed by atoms with Crippen LogP contribution in [0.5, 0.6) is 0 Å². The molecule has 34 heavy (non-hydrogen) atoms. The van der Waals surface area contributed by atoms with Crippen LogP contribution in [0.4, 0.5) is 4.39 Å². The molecule has 9 heteroatoms. The predicted molar refractivity (Wildman–Crippen MR) is 142 cm³/mol. The van der Waals surface area contributed by atoms with Gasteiger partial charge in [-0.1, -0.05) is 14.4 Å². The Labute approximate surface area is 205 Å². The van der Waals surface area contributed by atoms with Gasteiger partial charge in [0, 0.05) is 38.1 Å². The van der Waals surface area contributed by atoms with Gasteiger partial charge in [0.15, 0.2) is 0 Å². The topological polar surface area (TPSA) is 72.5 Å². The highest BCUT2D eigenvalue weighted by Gasteiger charge is 2.30. The first-order chi connectivity index (χ1) is 16.0. The van der Waals surface area contributed by atoms with Gasteiger partial charge in [0.1, 0.15) is 10.9 Å². The van der Waals surface area contributed by atoms with E-state index in [1.165, 1.54) is 41.4 Å². The quantitative estimate of drug-likeness (QED) is 0.214. The minimum atomic E-state index is -0.254. The fourth-order valence-electron chi connectivity index (χ4n) is 4.39. The van der Waals surface area contributed by atoms with E-state index >= 15 is 0 Å². The van der Waals surface area contributed by atoms with Crippen LogP contribution >= 0.6 is 11.9 Å². The highest BCUT2D eigenvalue weighted by atomic mass is 32.2. The second-order valence-corrected chi connectivity index (χ2v) is 9.27. The SMILES string of the molecule is C.CCCN1CCN(S/C(C=N)=N/NC)CC1c1cc2cnn(-c3ccc(F)cc3)c2cc1C. The van der Waals surface area contributed by atoms with Crippen LogP contribution in [0.3, 0.4) is 0 Å². The zero-order valence-corrected chi connectivity index (χ0v) is 20.1. The zero-order valence-electron chi connectivity index (χ0n) is 19.3. The van der Waals surface area contributed by atoms with Crippen LogP contribution in [0.1, 0.15) is 37.9 Å². The van der Waals surface area contributed by atoms with Crippen LogP contribution < -0.4 is 5.43 Å². The Hall–Kier alpha value is -2.75. The van der Waals surface area contributed by atoms with Gasteiger partial charge in [-0.3, -0.25) is 4.90 Å². The third-order valence-corrected chi connectivity index (χ3v) is 6.90. The van der Waals surface area contributed by atoms with E-state index in [1.54, 1.807) is 19.2 Å². The summed E-state index contributed by atoms with van der Waals surface area (Å²) in [6.45, 7) is 8.13. The average molecular weight is 484 g/mol.